The minimum Gasteiger partial charge on any atom is -0.395 e. The molecule has 0 fully saturated rings. The zero-order valence-corrected chi connectivity index (χ0v) is 6.33. The molecule has 11 heavy (non-hydrogen) atoms. The second-order valence-electron chi connectivity index (χ2n) is 1.84. The molecule has 0 saturated carbocycles. The molecule has 0 unspecified atom stereocenters. The van der Waals surface area contributed by atoms with E-state index in [0.717, 1.165) is 12.8 Å². The van der Waals surface area contributed by atoms with Crippen LogP contribution in [0, 0.1) is 11.3 Å². The maximum atomic E-state index is 9.84. The lowest BCUT2D eigenvalue weighted by molar-refractivity contribution is 0.142. The van der Waals surface area contributed by atoms with E-state index in [0.29, 0.717) is 6.61 Å². The molecule has 0 heterocycles. The maximum absolute atomic E-state index is 9.84. The van der Waals surface area contributed by atoms with E-state index < -0.39 is 0 Å². The highest BCUT2D eigenvalue weighted by molar-refractivity contribution is 6.35. The van der Waals surface area contributed by atoms with Gasteiger partial charge in [-0.2, -0.15) is 5.26 Å². The fraction of sp³-hybridized carbons (Fsp3) is 0.571. The van der Waals surface area contributed by atoms with Gasteiger partial charge in [0, 0.05) is 0 Å². The summed E-state index contributed by atoms with van der Waals surface area (Å²) in [6.07, 6.45) is 3.19. The zero-order chi connectivity index (χ0) is 8.53. The third-order valence-electron chi connectivity index (χ3n) is 0.948. The van der Waals surface area contributed by atoms with Crippen LogP contribution in [0.25, 0.3) is 0 Å². The summed E-state index contributed by atoms with van der Waals surface area (Å²) in [7, 11) is 0. The molecule has 0 spiro atoms. The molecule has 59 valence electrons. The van der Waals surface area contributed by atoms with Crippen molar-refractivity contribution in [1.82, 2.24) is 0 Å². The first-order valence-corrected chi connectivity index (χ1v) is 3.33. The first kappa shape index (κ1) is 9.63. The standard InChI is InChI=1S/C7H9N2O2/c1-2-3-4-11-9-7(5-8)6-10/h2-4H2,1H3/b9-7-. The Kier molecular flexibility index (Phi) is 5.91. The normalized spacial score (nSPS) is 10.4. The fourth-order valence-corrected chi connectivity index (χ4v) is 0.381. The Hall–Kier alpha value is -1.37. The van der Waals surface area contributed by atoms with Crippen molar-refractivity contribution in [2.45, 2.75) is 19.8 Å². The Bertz CT molecular complexity index is 181. The van der Waals surface area contributed by atoms with E-state index in [1.807, 2.05) is 6.92 Å². The average molecular weight is 153 g/mol. The summed E-state index contributed by atoms with van der Waals surface area (Å²) in [5.74, 6) is 0. The molecule has 0 aliphatic rings. The molecule has 0 aromatic carbocycles. The van der Waals surface area contributed by atoms with Crippen molar-refractivity contribution in [3.63, 3.8) is 0 Å². The van der Waals surface area contributed by atoms with E-state index in [-0.39, 0.29) is 5.71 Å². The van der Waals surface area contributed by atoms with Crippen molar-refractivity contribution in [1.29, 1.82) is 5.26 Å². The van der Waals surface area contributed by atoms with Gasteiger partial charge >= 0.3 is 0 Å². The van der Waals surface area contributed by atoms with Crippen molar-refractivity contribution >= 4 is 12.0 Å². The monoisotopic (exact) mass is 153 g/mol. The lowest BCUT2D eigenvalue weighted by Crippen LogP contribution is -1.97. The van der Waals surface area contributed by atoms with Crippen molar-refractivity contribution < 1.29 is 9.63 Å². The minimum atomic E-state index is -0.346. The third-order valence-corrected chi connectivity index (χ3v) is 0.948. The molecule has 0 atom stereocenters. The highest BCUT2D eigenvalue weighted by Gasteiger charge is 1.94. The maximum Gasteiger partial charge on any atom is 0.268 e. The second-order valence-corrected chi connectivity index (χ2v) is 1.84. The Morgan fingerprint density at radius 1 is 1.73 bits per heavy atom. The topological polar surface area (TPSA) is 62.4 Å². The van der Waals surface area contributed by atoms with E-state index >= 15 is 0 Å². The Balaban J connectivity index is 3.55. The van der Waals surface area contributed by atoms with Crippen LogP contribution in [-0.2, 0) is 9.63 Å². The largest absolute Gasteiger partial charge is 0.395 e. The molecule has 0 bridgehead atoms. The SMILES string of the molecule is CCCCO/N=C(\[C]=O)C#N. The van der Waals surface area contributed by atoms with Crippen molar-refractivity contribution in [3.05, 3.63) is 0 Å². The summed E-state index contributed by atoms with van der Waals surface area (Å²) in [4.78, 5) is 14.5. The van der Waals surface area contributed by atoms with Gasteiger partial charge in [0.05, 0.1) is 0 Å². The van der Waals surface area contributed by atoms with Gasteiger partial charge in [-0.25, -0.2) is 0 Å². The van der Waals surface area contributed by atoms with E-state index in [4.69, 9.17) is 5.26 Å². The van der Waals surface area contributed by atoms with Crippen molar-refractivity contribution in [3.8, 4) is 6.07 Å². The second kappa shape index (κ2) is 6.75. The Morgan fingerprint density at radius 3 is 2.91 bits per heavy atom. The molecular formula is C7H9N2O2. The quantitative estimate of drug-likeness (QED) is 0.333. The van der Waals surface area contributed by atoms with Crippen LogP contribution in [0.4, 0.5) is 0 Å². The number of nitriles is 1. The predicted molar refractivity (Wildman–Crippen MR) is 39.6 cm³/mol. The van der Waals surface area contributed by atoms with Crippen LogP contribution in [-0.4, -0.2) is 18.6 Å². The van der Waals surface area contributed by atoms with Gasteiger partial charge in [-0.05, 0) is 6.42 Å². The summed E-state index contributed by atoms with van der Waals surface area (Å²) < 4.78 is 0. The van der Waals surface area contributed by atoms with Gasteiger partial charge in [-0.15, -0.1) is 0 Å². The molecule has 0 aromatic rings. The molecule has 4 heteroatoms. The molecular weight excluding hydrogens is 144 g/mol. The van der Waals surface area contributed by atoms with Gasteiger partial charge in [0.2, 0.25) is 5.71 Å². The molecule has 0 N–H and O–H groups in total. The molecule has 0 aliphatic heterocycles. The molecule has 0 amide bonds. The fourth-order valence-electron chi connectivity index (χ4n) is 0.381. The van der Waals surface area contributed by atoms with E-state index in [1.165, 1.54) is 12.4 Å². The van der Waals surface area contributed by atoms with Gasteiger partial charge in [0.15, 0.2) is 0 Å². The van der Waals surface area contributed by atoms with Gasteiger partial charge in [0.25, 0.3) is 6.29 Å². The first-order valence-electron chi connectivity index (χ1n) is 3.33. The van der Waals surface area contributed by atoms with Gasteiger partial charge in [-0.3, -0.25) is 4.79 Å². The van der Waals surface area contributed by atoms with Crippen LogP contribution in [0.3, 0.4) is 0 Å². The van der Waals surface area contributed by atoms with E-state index in [2.05, 4.69) is 9.99 Å². The van der Waals surface area contributed by atoms with Crippen molar-refractivity contribution in [2.24, 2.45) is 5.16 Å². The molecule has 1 radical (unpaired) electrons. The zero-order valence-electron chi connectivity index (χ0n) is 6.33. The number of hydrogen-bond acceptors (Lipinski definition) is 4. The number of nitrogens with zero attached hydrogens (tertiary/aromatic N) is 2. The van der Waals surface area contributed by atoms with Gasteiger partial charge in [-0.1, -0.05) is 18.5 Å². The van der Waals surface area contributed by atoms with Crippen LogP contribution >= 0.6 is 0 Å². The summed E-state index contributed by atoms with van der Waals surface area (Å²) in [6, 6.07) is 1.53. The molecule has 0 rings (SSSR count). The predicted octanol–water partition coefficient (Wildman–Crippen LogP) is 0.792. The average Bonchev–Trinajstić information content (AvgIpc) is 2.05. The van der Waals surface area contributed by atoms with Crippen LogP contribution in [0.15, 0.2) is 5.16 Å². The number of carbonyl (C=O) groups excluding carboxylic acids is 1. The summed E-state index contributed by atoms with van der Waals surface area (Å²) >= 11 is 0. The number of unbranched alkanes of at least 4 members (excludes halogenated alkanes) is 1. The molecule has 0 aromatic heterocycles. The first-order chi connectivity index (χ1) is 5.35. The third kappa shape index (κ3) is 5.09. The van der Waals surface area contributed by atoms with Crippen LogP contribution in [0.5, 0.6) is 0 Å². The van der Waals surface area contributed by atoms with Crippen LogP contribution in [0.2, 0.25) is 0 Å². The summed E-state index contributed by atoms with van der Waals surface area (Å²) in [5, 5.41) is 11.4. The summed E-state index contributed by atoms with van der Waals surface area (Å²) in [5.41, 5.74) is -0.346. The van der Waals surface area contributed by atoms with E-state index in [1.54, 1.807) is 0 Å². The van der Waals surface area contributed by atoms with Gasteiger partial charge < -0.3 is 4.84 Å². The highest BCUT2D eigenvalue weighted by atomic mass is 16.6. The molecule has 4 nitrogen and oxygen atoms in total. The molecule has 0 saturated heterocycles. The van der Waals surface area contributed by atoms with E-state index in [9.17, 15) is 4.79 Å². The lowest BCUT2D eigenvalue weighted by Gasteiger charge is -1.93. The Morgan fingerprint density at radius 2 is 2.45 bits per heavy atom. The number of rotatable bonds is 5. The Labute approximate surface area is 65.4 Å². The lowest BCUT2D eigenvalue weighted by atomic mass is 10.4. The summed E-state index contributed by atoms with van der Waals surface area (Å²) in [6.45, 7) is 2.44. The van der Waals surface area contributed by atoms with Crippen LogP contribution < -0.4 is 0 Å². The van der Waals surface area contributed by atoms with Crippen molar-refractivity contribution in [2.75, 3.05) is 6.61 Å². The minimum absolute atomic E-state index is 0.346. The highest BCUT2D eigenvalue weighted by Crippen LogP contribution is 1.88. The van der Waals surface area contributed by atoms with Crippen LogP contribution in [0.1, 0.15) is 19.8 Å². The van der Waals surface area contributed by atoms with Gasteiger partial charge in [0.1, 0.15) is 12.7 Å². The molecule has 0 aliphatic carbocycles. The smallest absolute Gasteiger partial charge is 0.268 e. The number of oxime groups is 1. The number of hydrogen-bond donors (Lipinski definition) is 0.